The van der Waals surface area contributed by atoms with E-state index in [1.54, 1.807) is 0 Å². The summed E-state index contributed by atoms with van der Waals surface area (Å²) < 4.78 is 21.8. The topological polar surface area (TPSA) is 74.1 Å². The molecule has 1 aromatic rings. The van der Waals surface area contributed by atoms with Crippen molar-refractivity contribution < 1.29 is 13.3 Å². The second kappa shape index (κ2) is 2.50. The first-order chi connectivity index (χ1) is 5.05. The van der Waals surface area contributed by atoms with Crippen LogP contribution >= 0.6 is 0 Å². The molecule has 0 bridgehead atoms. The SMILES string of the molecule is COn1nncc1S(C)(=O)=O. The van der Waals surface area contributed by atoms with Crippen LogP contribution < -0.4 is 4.84 Å². The molecule has 0 fully saturated rings. The van der Waals surface area contributed by atoms with Crippen LogP contribution in [0.4, 0.5) is 0 Å². The lowest BCUT2D eigenvalue weighted by atomic mass is 10.9. The maximum atomic E-state index is 10.9. The molecule has 0 saturated heterocycles. The van der Waals surface area contributed by atoms with Crippen molar-refractivity contribution in [2.75, 3.05) is 13.4 Å². The highest BCUT2D eigenvalue weighted by Crippen LogP contribution is 2.02. The fraction of sp³-hybridized carbons (Fsp3) is 0.500. The number of aromatic nitrogens is 3. The first-order valence-corrected chi connectivity index (χ1v) is 4.60. The highest BCUT2D eigenvalue weighted by atomic mass is 32.2. The Bertz CT molecular complexity index is 341. The molecule has 0 aromatic carbocycles. The second-order valence-corrected chi connectivity index (χ2v) is 3.86. The minimum atomic E-state index is -3.29. The molecule has 1 heterocycles. The van der Waals surface area contributed by atoms with Gasteiger partial charge in [0.1, 0.15) is 7.11 Å². The number of rotatable bonds is 2. The van der Waals surface area contributed by atoms with Gasteiger partial charge in [-0.1, -0.05) is 4.85 Å². The molecule has 0 spiro atoms. The van der Waals surface area contributed by atoms with Crippen molar-refractivity contribution in [3.63, 3.8) is 0 Å². The van der Waals surface area contributed by atoms with Crippen molar-refractivity contribution in [2.45, 2.75) is 5.03 Å². The average molecular weight is 177 g/mol. The number of sulfone groups is 1. The normalized spacial score (nSPS) is 11.5. The highest BCUT2D eigenvalue weighted by Gasteiger charge is 2.14. The predicted octanol–water partition coefficient (Wildman–Crippen LogP) is -1.26. The van der Waals surface area contributed by atoms with Crippen LogP contribution in [0.5, 0.6) is 0 Å². The van der Waals surface area contributed by atoms with Crippen LogP contribution in [0.3, 0.4) is 0 Å². The summed E-state index contributed by atoms with van der Waals surface area (Å²) >= 11 is 0. The fourth-order valence-electron chi connectivity index (χ4n) is 0.580. The Kier molecular flexibility index (Phi) is 1.81. The Hall–Kier alpha value is -1.11. The van der Waals surface area contributed by atoms with E-state index in [9.17, 15) is 8.42 Å². The molecular formula is C4H7N3O3S. The van der Waals surface area contributed by atoms with Crippen LogP contribution in [0.15, 0.2) is 11.2 Å². The molecule has 0 radical (unpaired) electrons. The highest BCUT2D eigenvalue weighted by molar-refractivity contribution is 7.90. The van der Waals surface area contributed by atoms with Crippen LogP contribution in [0.25, 0.3) is 0 Å². The van der Waals surface area contributed by atoms with Crippen molar-refractivity contribution in [2.24, 2.45) is 0 Å². The Labute approximate surface area is 63.6 Å². The Morgan fingerprint density at radius 1 is 1.64 bits per heavy atom. The minimum Gasteiger partial charge on any atom is -0.398 e. The van der Waals surface area contributed by atoms with Gasteiger partial charge in [-0.15, -0.1) is 5.10 Å². The lowest BCUT2D eigenvalue weighted by Crippen LogP contribution is -2.14. The third-order valence-electron chi connectivity index (χ3n) is 1.04. The van der Waals surface area contributed by atoms with E-state index < -0.39 is 9.84 Å². The molecule has 0 aliphatic rings. The van der Waals surface area contributed by atoms with E-state index >= 15 is 0 Å². The van der Waals surface area contributed by atoms with Crippen molar-refractivity contribution in [1.29, 1.82) is 0 Å². The average Bonchev–Trinajstić information content (AvgIpc) is 2.31. The molecule has 0 amide bonds. The molecule has 1 aromatic heterocycles. The molecule has 0 aliphatic carbocycles. The molecule has 11 heavy (non-hydrogen) atoms. The molecule has 0 N–H and O–H groups in total. The molecule has 0 aliphatic heterocycles. The third kappa shape index (κ3) is 1.48. The van der Waals surface area contributed by atoms with Gasteiger partial charge in [0.25, 0.3) is 0 Å². The van der Waals surface area contributed by atoms with Crippen LogP contribution in [0, 0.1) is 0 Å². The summed E-state index contributed by atoms with van der Waals surface area (Å²) in [4.78, 5) is 5.42. The number of hydrogen-bond acceptors (Lipinski definition) is 5. The largest absolute Gasteiger partial charge is 0.398 e. The van der Waals surface area contributed by atoms with Crippen molar-refractivity contribution >= 4 is 9.84 Å². The monoisotopic (exact) mass is 177 g/mol. The van der Waals surface area contributed by atoms with Crippen molar-refractivity contribution in [3.05, 3.63) is 6.20 Å². The van der Waals surface area contributed by atoms with E-state index in [-0.39, 0.29) is 5.03 Å². The summed E-state index contributed by atoms with van der Waals surface area (Å²) in [5.41, 5.74) is 0. The molecule has 1 rings (SSSR count). The summed E-state index contributed by atoms with van der Waals surface area (Å²) in [5, 5.41) is 6.68. The zero-order valence-electron chi connectivity index (χ0n) is 6.05. The Balaban J connectivity index is 3.24. The van der Waals surface area contributed by atoms with Gasteiger partial charge in [0.15, 0.2) is 9.84 Å². The third-order valence-corrected chi connectivity index (χ3v) is 2.06. The van der Waals surface area contributed by atoms with E-state index in [1.165, 1.54) is 7.11 Å². The van der Waals surface area contributed by atoms with Gasteiger partial charge in [-0.2, -0.15) is 0 Å². The summed E-state index contributed by atoms with van der Waals surface area (Å²) in [6.45, 7) is 0. The quantitative estimate of drug-likeness (QED) is 0.563. The number of nitrogens with zero attached hydrogens (tertiary/aromatic N) is 3. The molecule has 7 heteroatoms. The second-order valence-electron chi connectivity index (χ2n) is 1.90. The van der Waals surface area contributed by atoms with Gasteiger partial charge in [-0.05, 0) is 5.21 Å². The van der Waals surface area contributed by atoms with E-state index in [2.05, 4.69) is 15.1 Å². The van der Waals surface area contributed by atoms with Crippen LogP contribution in [-0.4, -0.2) is 36.9 Å². The smallest absolute Gasteiger partial charge is 0.214 e. The van der Waals surface area contributed by atoms with E-state index in [0.717, 1.165) is 17.3 Å². The van der Waals surface area contributed by atoms with Gasteiger partial charge in [-0.25, -0.2) is 8.42 Å². The van der Waals surface area contributed by atoms with Gasteiger partial charge in [0.2, 0.25) is 5.03 Å². The van der Waals surface area contributed by atoms with Gasteiger partial charge in [-0.3, -0.25) is 0 Å². The molecule has 0 saturated carbocycles. The summed E-state index contributed by atoms with van der Waals surface area (Å²) in [5.74, 6) is 0. The van der Waals surface area contributed by atoms with E-state index in [0.29, 0.717) is 0 Å². The van der Waals surface area contributed by atoms with Gasteiger partial charge in [0.05, 0.1) is 6.20 Å². The summed E-state index contributed by atoms with van der Waals surface area (Å²) in [6.07, 6.45) is 2.18. The first kappa shape index (κ1) is 7.99. The minimum absolute atomic E-state index is 0.0556. The molecule has 6 nitrogen and oxygen atoms in total. The Morgan fingerprint density at radius 2 is 2.27 bits per heavy atom. The van der Waals surface area contributed by atoms with Crippen molar-refractivity contribution in [1.82, 2.24) is 15.2 Å². The fourth-order valence-corrected chi connectivity index (χ4v) is 1.21. The number of hydrogen-bond donors (Lipinski definition) is 0. The predicted molar refractivity (Wildman–Crippen MR) is 35.6 cm³/mol. The Morgan fingerprint density at radius 3 is 2.64 bits per heavy atom. The summed E-state index contributed by atoms with van der Waals surface area (Å²) in [7, 11) is -1.98. The summed E-state index contributed by atoms with van der Waals surface area (Å²) in [6, 6.07) is 0. The molecule has 0 unspecified atom stereocenters. The first-order valence-electron chi connectivity index (χ1n) is 2.71. The van der Waals surface area contributed by atoms with Gasteiger partial charge in [0, 0.05) is 6.26 Å². The van der Waals surface area contributed by atoms with Crippen LogP contribution in [0.1, 0.15) is 0 Å². The van der Waals surface area contributed by atoms with E-state index in [4.69, 9.17) is 0 Å². The van der Waals surface area contributed by atoms with E-state index in [1.807, 2.05) is 0 Å². The lowest BCUT2D eigenvalue weighted by molar-refractivity contribution is 0.107. The lowest BCUT2D eigenvalue weighted by Gasteiger charge is -1.99. The molecular weight excluding hydrogens is 170 g/mol. The van der Waals surface area contributed by atoms with Crippen LogP contribution in [0.2, 0.25) is 0 Å². The molecule has 62 valence electrons. The maximum Gasteiger partial charge on any atom is 0.214 e. The van der Waals surface area contributed by atoms with Crippen LogP contribution in [-0.2, 0) is 9.84 Å². The maximum absolute atomic E-state index is 10.9. The van der Waals surface area contributed by atoms with Gasteiger partial charge >= 0.3 is 0 Å². The molecule has 0 atom stereocenters. The van der Waals surface area contributed by atoms with Gasteiger partial charge < -0.3 is 4.84 Å². The zero-order chi connectivity index (χ0) is 8.48. The standard InChI is InChI=1S/C4H7N3O3S/c1-10-7-4(3-5-6-7)11(2,8)9/h3H,1-2H3. The zero-order valence-corrected chi connectivity index (χ0v) is 6.87. The van der Waals surface area contributed by atoms with Crippen molar-refractivity contribution in [3.8, 4) is 0 Å².